The number of aromatic hydroxyl groups is 2. The van der Waals surface area contributed by atoms with Gasteiger partial charge in [0.05, 0.1) is 18.0 Å². The maximum absolute atomic E-state index is 13.5. The van der Waals surface area contributed by atoms with E-state index in [1.807, 2.05) is 0 Å². The lowest BCUT2D eigenvalue weighted by Gasteiger charge is -2.36. The first-order chi connectivity index (χ1) is 28.9. The van der Waals surface area contributed by atoms with E-state index in [0.29, 0.717) is 41.8 Å². The molecule has 22 heteroatoms. The number of thiocarbonyl (C=S) groups is 1. The molecule has 0 bridgehead atoms. The summed E-state index contributed by atoms with van der Waals surface area (Å²) in [5.74, 6) is -3.38. The van der Waals surface area contributed by atoms with Crippen molar-refractivity contribution in [3.63, 3.8) is 0 Å². The molecule has 308 valence electrons. The molecular formula is C38H35N11O10S. The van der Waals surface area contributed by atoms with Gasteiger partial charge in [-0.1, -0.05) is 6.07 Å². The summed E-state index contributed by atoms with van der Waals surface area (Å²) in [6, 6.07) is 11.0. The average molecular weight is 838 g/mol. The summed E-state index contributed by atoms with van der Waals surface area (Å²) < 4.78 is 12.1. The number of rotatable bonds is 12. The number of anilines is 1. The van der Waals surface area contributed by atoms with Crippen molar-refractivity contribution in [2.75, 3.05) is 18.4 Å². The van der Waals surface area contributed by atoms with Gasteiger partial charge in [0.1, 0.15) is 35.1 Å². The number of nitrogens with zero attached hydrogens (tertiary/aromatic N) is 5. The Morgan fingerprint density at radius 3 is 2.23 bits per heavy atom. The highest BCUT2D eigenvalue weighted by atomic mass is 32.1. The number of benzene rings is 3. The van der Waals surface area contributed by atoms with Crippen LogP contribution in [-0.4, -0.2) is 117 Å². The second-order valence-electron chi connectivity index (χ2n) is 14.2. The van der Waals surface area contributed by atoms with Gasteiger partial charge in [-0.2, -0.15) is 30.8 Å². The molecule has 21 nitrogen and oxygen atoms in total. The number of aliphatic carboxylic acids is 1. The van der Waals surface area contributed by atoms with Crippen molar-refractivity contribution in [3.05, 3.63) is 101 Å². The van der Waals surface area contributed by atoms with Crippen LogP contribution >= 0.6 is 12.2 Å². The van der Waals surface area contributed by atoms with Crippen LogP contribution in [0.3, 0.4) is 0 Å². The number of unbranched alkanes of at least 4 members (excludes halogenated alkanes) is 1. The zero-order chi connectivity index (χ0) is 42.1. The van der Waals surface area contributed by atoms with Crippen LogP contribution in [0.1, 0.15) is 73.7 Å². The predicted molar refractivity (Wildman–Crippen MR) is 209 cm³/mol. The third kappa shape index (κ3) is 7.45. The smallest absolute Gasteiger partial charge is 0.340 e. The Morgan fingerprint density at radius 1 is 0.917 bits per heavy atom. The Balaban J connectivity index is 0.863. The number of likely N-dealkylation sites (tertiary alicyclic amines) is 1. The van der Waals surface area contributed by atoms with Gasteiger partial charge in [-0.25, -0.2) is 9.59 Å². The fraction of sp³-hybridized carbons (Fsp3) is 0.263. The number of hydrogen-bond donors (Lipinski definition) is 9. The van der Waals surface area contributed by atoms with Gasteiger partial charge < -0.3 is 51.0 Å². The van der Waals surface area contributed by atoms with Crippen LogP contribution < -0.4 is 26.0 Å². The van der Waals surface area contributed by atoms with E-state index in [-0.39, 0.29) is 64.4 Å². The molecule has 0 radical (unpaired) electrons. The second kappa shape index (κ2) is 16.0. The molecule has 0 aliphatic carbocycles. The molecule has 3 atom stereocenters. The van der Waals surface area contributed by atoms with Crippen LogP contribution in [0.25, 0.3) is 0 Å². The first kappa shape index (κ1) is 39.2. The van der Waals surface area contributed by atoms with Gasteiger partial charge in [-0.15, -0.1) is 0 Å². The Morgan fingerprint density at radius 2 is 1.58 bits per heavy atom. The molecule has 3 aromatic carbocycles. The predicted octanol–water partition coefficient (Wildman–Crippen LogP) is 1.64. The van der Waals surface area contributed by atoms with Gasteiger partial charge >= 0.3 is 11.9 Å². The first-order valence-corrected chi connectivity index (χ1v) is 19.0. The fourth-order valence-electron chi connectivity index (χ4n) is 7.59. The number of ether oxygens (including phenoxy) is 2. The van der Waals surface area contributed by atoms with Crippen molar-refractivity contribution < 1.29 is 48.8 Å². The molecule has 9 N–H and O–H groups in total. The fourth-order valence-corrected chi connectivity index (χ4v) is 7.81. The van der Waals surface area contributed by atoms with E-state index < -0.39 is 53.4 Å². The van der Waals surface area contributed by atoms with Crippen LogP contribution in [0.15, 0.2) is 67.0 Å². The van der Waals surface area contributed by atoms with E-state index in [2.05, 4.69) is 52.1 Å². The van der Waals surface area contributed by atoms with E-state index >= 15 is 0 Å². The Labute approximate surface area is 343 Å². The molecule has 0 saturated carbocycles. The maximum Gasteiger partial charge on any atom is 0.340 e. The van der Waals surface area contributed by atoms with E-state index in [9.17, 15) is 39.3 Å². The van der Waals surface area contributed by atoms with Crippen molar-refractivity contribution in [1.29, 1.82) is 0 Å². The van der Waals surface area contributed by atoms with Crippen LogP contribution in [0.4, 0.5) is 5.69 Å². The summed E-state index contributed by atoms with van der Waals surface area (Å²) in [5, 5.41) is 61.4. The summed E-state index contributed by atoms with van der Waals surface area (Å²) in [6.07, 6.45) is 3.30. The Kier molecular flexibility index (Phi) is 10.4. The number of aromatic nitrogens is 6. The maximum atomic E-state index is 13.5. The van der Waals surface area contributed by atoms with Crippen molar-refractivity contribution in [1.82, 2.24) is 51.7 Å². The number of H-pyrrole nitrogens is 2. The van der Waals surface area contributed by atoms with Gasteiger partial charge in [0.15, 0.2) is 22.1 Å². The molecule has 60 heavy (non-hydrogen) atoms. The zero-order valence-electron chi connectivity index (χ0n) is 31.2. The lowest BCUT2D eigenvalue weighted by atomic mass is 9.77. The molecule has 1 fully saturated rings. The first-order valence-electron chi connectivity index (χ1n) is 18.6. The molecular weight excluding hydrogens is 803 g/mol. The number of fused-ring (bicyclic) bond motifs is 6. The summed E-state index contributed by atoms with van der Waals surface area (Å²) in [5.41, 5.74) is 0.799. The number of carboxylic acid groups (broad SMARTS) is 1. The summed E-state index contributed by atoms with van der Waals surface area (Å²) in [7, 11) is 0. The van der Waals surface area contributed by atoms with Gasteiger partial charge in [-0.3, -0.25) is 14.4 Å². The number of amides is 3. The Hall–Kier alpha value is -7.62. The van der Waals surface area contributed by atoms with Gasteiger partial charge in [0.2, 0.25) is 5.91 Å². The van der Waals surface area contributed by atoms with Gasteiger partial charge in [-0.05, 0) is 74.3 Å². The van der Waals surface area contributed by atoms with Crippen molar-refractivity contribution in [2.24, 2.45) is 0 Å². The molecule has 3 aliphatic rings. The number of esters is 1. The third-order valence-electron chi connectivity index (χ3n) is 10.3. The number of carbonyl (C=O) groups excluding carboxylic acids is 4. The monoisotopic (exact) mass is 837 g/mol. The highest BCUT2D eigenvalue weighted by molar-refractivity contribution is 7.80. The largest absolute Gasteiger partial charge is 0.508 e. The highest BCUT2D eigenvalue weighted by Gasteiger charge is 2.54. The SMILES string of the molecule is O=C(N[C@@H]1C[C@@H](C(=O)N[C@@H](CCCCNC(=S)Nc2ccc3c(c2)C(=O)OC32c3ccc(O)cc3Oc3cc(O)ccc32)C(=O)O)N(C(=O)c2cn[nH]n2)C1)c1cn[nH]n1. The molecule has 1 spiro atoms. The number of phenols is 2. The molecule has 0 unspecified atom stereocenters. The number of phenolic OH excluding ortho intramolecular Hbond substituents is 2. The third-order valence-corrected chi connectivity index (χ3v) is 10.6. The molecule has 1 saturated heterocycles. The summed E-state index contributed by atoms with van der Waals surface area (Å²) in [6.45, 7) is 0.280. The minimum Gasteiger partial charge on any atom is -0.508 e. The highest BCUT2D eigenvalue weighted by Crippen LogP contribution is 2.57. The van der Waals surface area contributed by atoms with Gasteiger partial charge in [0.25, 0.3) is 11.8 Å². The summed E-state index contributed by atoms with van der Waals surface area (Å²) >= 11 is 5.49. The normalized spacial score (nSPS) is 17.3. The number of nitrogens with one attached hydrogen (secondary N) is 6. The minimum absolute atomic E-state index is 0.000346. The molecule has 3 aliphatic heterocycles. The van der Waals surface area contributed by atoms with Crippen molar-refractivity contribution in [2.45, 2.75) is 49.4 Å². The molecule has 5 aromatic rings. The molecule has 3 amide bonds. The van der Waals surface area contributed by atoms with Crippen LogP contribution in [0, 0.1) is 0 Å². The summed E-state index contributed by atoms with van der Waals surface area (Å²) in [4.78, 5) is 66.3. The van der Waals surface area contributed by atoms with Crippen LogP contribution in [-0.2, 0) is 19.9 Å². The Bertz CT molecular complexity index is 2460. The number of carboxylic acids is 1. The van der Waals surface area contributed by atoms with E-state index in [1.54, 1.807) is 30.3 Å². The van der Waals surface area contributed by atoms with Crippen LogP contribution in [0.5, 0.6) is 23.0 Å². The number of hydrogen-bond acceptors (Lipinski definition) is 14. The average Bonchev–Trinajstić information content (AvgIpc) is 4.05. The topological polar surface area (TPSA) is 299 Å². The van der Waals surface area contributed by atoms with Crippen molar-refractivity contribution >= 4 is 52.7 Å². The molecule has 8 rings (SSSR count). The lowest BCUT2D eigenvalue weighted by molar-refractivity contribution is -0.142. The zero-order valence-corrected chi connectivity index (χ0v) is 32.0. The quantitative estimate of drug-likeness (QED) is 0.0490. The minimum atomic E-state index is -1.41. The number of aromatic amines is 2. The number of carbonyl (C=O) groups is 5. The standard InChI is InChI=1S/C38H35N11O10S/c50-20-5-8-24-30(13-20)58-31-14-21(51)6-9-25(31)38(24)23-7-4-18(11-22(23)36(57)59-38)43-37(60)39-10-2-1-3-26(35(55)56)44-33(53)29-12-19(42-32(52)27-15-40-47-45-27)17-49(29)34(54)28-16-41-48-46-28/h4-9,11,13-16,19,26,29,50-51H,1-3,10,12,17H2,(H,42,52)(H,44,53)(H,55,56)(H2,39,43,60)(H,40,45,47)(H,41,46,48)/t19-,26+,29+/m1/s1. The lowest BCUT2D eigenvalue weighted by Crippen LogP contribution is -2.51. The van der Waals surface area contributed by atoms with E-state index in [4.69, 9.17) is 21.7 Å². The van der Waals surface area contributed by atoms with Gasteiger partial charge in [0, 0.05) is 53.6 Å². The molecule has 2 aromatic heterocycles. The van der Waals surface area contributed by atoms with Crippen molar-refractivity contribution in [3.8, 4) is 23.0 Å². The van der Waals surface area contributed by atoms with Crippen LogP contribution in [0.2, 0.25) is 0 Å². The van der Waals surface area contributed by atoms with E-state index in [1.165, 1.54) is 41.6 Å². The molecule has 5 heterocycles. The van der Waals surface area contributed by atoms with E-state index in [0.717, 1.165) is 0 Å². The second-order valence-corrected chi connectivity index (χ2v) is 14.6.